The van der Waals surface area contributed by atoms with Crippen LogP contribution in [-0.2, 0) is 4.79 Å². The molecule has 2 aromatic carbocycles. The molecule has 0 saturated carbocycles. The van der Waals surface area contributed by atoms with E-state index in [2.05, 4.69) is 11.4 Å². The number of alkyl halides is 1. The summed E-state index contributed by atoms with van der Waals surface area (Å²) in [5.74, 6) is 0.844. The van der Waals surface area contributed by atoms with E-state index in [1.54, 1.807) is 6.92 Å². The maximum absolute atomic E-state index is 11.5. The lowest BCUT2D eigenvalue weighted by Gasteiger charge is -2.19. The van der Waals surface area contributed by atoms with Crippen LogP contribution in [0.5, 0.6) is 5.75 Å². The Hall–Kier alpha value is -2.53. The molecular formula is C22H26ClN3O2. The number of carbonyl (C=O) groups excluding carboxylic acids is 1. The highest BCUT2D eigenvalue weighted by Crippen LogP contribution is 2.32. The Morgan fingerprint density at radius 1 is 1.14 bits per heavy atom. The summed E-state index contributed by atoms with van der Waals surface area (Å²) in [5.41, 5.74) is 2.89. The van der Waals surface area contributed by atoms with Crippen molar-refractivity contribution >= 4 is 45.0 Å². The number of anilines is 1. The Bertz CT molecular complexity index is 961. The highest BCUT2D eigenvalue weighted by Gasteiger charge is 2.10. The third-order valence-corrected chi connectivity index (χ3v) is 4.97. The number of aromatic nitrogens is 1. The van der Waals surface area contributed by atoms with E-state index in [0.717, 1.165) is 60.0 Å². The summed E-state index contributed by atoms with van der Waals surface area (Å²) in [6.07, 6.45) is 1.95. The fourth-order valence-electron chi connectivity index (χ4n) is 3.40. The number of benzene rings is 2. The average molecular weight is 400 g/mol. The van der Waals surface area contributed by atoms with Crippen LogP contribution in [0, 0.1) is 0 Å². The second-order valence-corrected chi connectivity index (χ2v) is 6.89. The van der Waals surface area contributed by atoms with Crippen LogP contribution in [-0.4, -0.2) is 41.5 Å². The summed E-state index contributed by atoms with van der Waals surface area (Å²) in [6, 6.07) is 14.1. The highest BCUT2D eigenvalue weighted by molar-refractivity contribution is 6.17. The van der Waals surface area contributed by atoms with Crippen molar-refractivity contribution in [2.45, 2.75) is 26.7 Å². The fraction of sp³-hybridized carbons (Fsp3) is 0.364. The molecule has 3 rings (SSSR count). The van der Waals surface area contributed by atoms with Gasteiger partial charge in [0.15, 0.2) is 6.07 Å². The van der Waals surface area contributed by atoms with Crippen molar-refractivity contribution in [3.8, 4) is 5.75 Å². The molecule has 148 valence electrons. The predicted octanol–water partition coefficient (Wildman–Crippen LogP) is 5.02. The van der Waals surface area contributed by atoms with Crippen molar-refractivity contribution in [1.29, 1.82) is 0 Å². The SMILES string of the molecule is CCN(CCCCNc1c2ccccc2nc2cc(OCCl)ccc12)C(C)=O. The summed E-state index contributed by atoms with van der Waals surface area (Å²) >= 11 is 5.68. The molecule has 1 amide bonds. The number of hydrogen-bond acceptors (Lipinski definition) is 4. The third-order valence-electron chi connectivity index (χ3n) is 4.86. The standard InChI is InChI=1S/C22H26ClN3O2/c1-3-26(16(2)27)13-7-6-12-24-22-18-8-4-5-9-20(18)25-21-14-17(28-15-23)10-11-19(21)22/h4-5,8-11,14H,3,6-7,12-13,15H2,1-2H3,(H,24,25). The van der Waals surface area contributed by atoms with Gasteiger partial charge in [-0.3, -0.25) is 4.79 Å². The molecule has 6 heteroatoms. The first-order chi connectivity index (χ1) is 13.6. The Balaban J connectivity index is 1.79. The van der Waals surface area contributed by atoms with Crippen molar-refractivity contribution in [3.63, 3.8) is 0 Å². The largest absolute Gasteiger partial charge is 0.478 e. The van der Waals surface area contributed by atoms with Gasteiger partial charge >= 0.3 is 0 Å². The third kappa shape index (κ3) is 4.65. The maximum Gasteiger partial charge on any atom is 0.219 e. The lowest BCUT2D eigenvalue weighted by Crippen LogP contribution is -2.29. The van der Waals surface area contributed by atoms with Gasteiger partial charge in [-0.05, 0) is 38.0 Å². The van der Waals surface area contributed by atoms with E-state index in [9.17, 15) is 4.79 Å². The summed E-state index contributed by atoms with van der Waals surface area (Å²) in [7, 11) is 0. The molecule has 0 unspecified atom stereocenters. The molecule has 3 aromatic rings. The number of unbranched alkanes of at least 4 members (excludes halogenated alkanes) is 1. The van der Waals surface area contributed by atoms with Gasteiger partial charge in [0.2, 0.25) is 5.91 Å². The van der Waals surface area contributed by atoms with E-state index in [0.29, 0.717) is 5.75 Å². The van der Waals surface area contributed by atoms with Crippen molar-refractivity contribution in [1.82, 2.24) is 9.88 Å². The first kappa shape index (κ1) is 20.2. The molecule has 1 aromatic heterocycles. The quantitative estimate of drug-likeness (QED) is 0.311. The van der Waals surface area contributed by atoms with Crippen molar-refractivity contribution in [2.75, 3.05) is 31.0 Å². The Kier molecular flexibility index (Phi) is 6.93. The topological polar surface area (TPSA) is 54.5 Å². The zero-order valence-electron chi connectivity index (χ0n) is 16.4. The fourth-order valence-corrected chi connectivity index (χ4v) is 3.52. The highest BCUT2D eigenvalue weighted by atomic mass is 35.5. The molecule has 5 nitrogen and oxygen atoms in total. The molecule has 0 saturated heterocycles. The molecule has 0 aliphatic heterocycles. The van der Waals surface area contributed by atoms with Gasteiger partial charge in [-0.1, -0.05) is 29.8 Å². The molecule has 0 aliphatic rings. The van der Waals surface area contributed by atoms with Gasteiger partial charge in [0.1, 0.15) is 5.75 Å². The van der Waals surface area contributed by atoms with Gasteiger partial charge in [-0.15, -0.1) is 0 Å². The molecule has 0 radical (unpaired) electrons. The first-order valence-electron chi connectivity index (χ1n) is 9.64. The average Bonchev–Trinajstić information content (AvgIpc) is 2.69. The molecule has 1 N–H and O–H groups in total. The number of halogens is 1. The van der Waals surface area contributed by atoms with E-state index >= 15 is 0 Å². The summed E-state index contributed by atoms with van der Waals surface area (Å²) in [4.78, 5) is 18.2. The molecule has 1 heterocycles. The minimum Gasteiger partial charge on any atom is -0.478 e. The molecule has 0 bridgehead atoms. The number of ether oxygens (including phenoxy) is 1. The van der Waals surface area contributed by atoms with Crippen LogP contribution >= 0.6 is 11.6 Å². The predicted molar refractivity (Wildman–Crippen MR) is 116 cm³/mol. The molecule has 0 spiro atoms. The van der Waals surface area contributed by atoms with Gasteiger partial charge in [0.25, 0.3) is 0 Å². The first-order valence-corrected chi connectivity index (χ1v) is 10.2. The van der Waals surface area contributed by atoms with Crippen LogP contribution in [0.4, 0.5) is 5.69 Å². The van der Waals surface area contributed by atoms with Gasteiger partial charge in [-0.25, -0.2) is 4.98 Å². The Morgan fingerprint density at radius 2 is 1.93 bits per heavy atom. The monoisotopic (exact) mass is 399 g/mol. The molecule has 0 fully saturated rings. The number of fused-ring (bicyclic) bond motifs is 2. The van der Waals surface area contributed by atoms with Gasteiger partial charge in [0.05, 0.1) is 16.7 Å². The van der Waals surface area contributed by atoms with Crippen LogP contribution in [0.3, 0.4) is 0 Å². The van der Waals surface area contributed by atoms with Crippen LogP contribution in [0.1, 0.15) is 26.7 Å². The normalized spacial score (nSPS) is 11.0. The Morgan fingerprint density at radius 3 is 2.68 bits per heavy atom. The molecule has 28 heavy (non-hydrogen) atoms. The number of rotatable bonds is 9. The zero-order valence-corrected chi connectivity index (χ0v) is 17.1. The van der Waals surface area contributed by atoms with E-state index in [1.807, 2.05) is 48.2 Å². The van der Waals surface area contributed by atoms with Gasteiger partial charge < -0.3 is 15.0 Å². The molecular weight excluding hydrogens is 374 g/mol. The number of carbonyl (C=O) groups is 1. The Labute approximate surface area is 170 Å². The van der Waals surface area contributed by atoms with Crippen LogP contribution in [0.2, 0.25) is 0 Å². The number of nitrogens with zero attached hydrogens (tertiary/aromatic N) is 2. The van der Waals surface area contributed by atoms with Crippen molar-refractivity contribution in [3.05, 3.63) is 42.5 Å². The number of pyridine rings is 1. The summed E-state index contributed by atoms with van der Waals surface area (Å²) in [5, 5.41) is 5.75. The van der Waals surface area contributed by atoms with Crippen molar-refractivity contribution in [2.24, 2.45) is 0 Å². The number of hydrogen-bond donors (Lipinski definition) is 1. The second-order valence-electron chi connectivity index (χ2n) is 6.67. The zero-order chi connectivity index (χ0) is 19.9. The van der Waals surface area contributed by atoms with E-state index in [1.165, 1.54) is 0 Å². The van der Waals surface area contributed by atoms with Crippen LogP contribution in [0.15, 0.2) is 42.5 Å². The lowest BCUT2D eigenvalue weighted by molar-refractivity contribution is -0.128. The number of para-hydroxylation sites is 1. The minimum absolute atomic E-state index is 0.110. The van der Waals surface area contributed by atoms with Gasteiger partial charge in [0, 0.05) is 43.4 Å². The maximum atomic E-state index is 11.5. The molecule has 0 atom stereocenters. The van der Waals surface area contributed by atoms with Crippen LogP contribution < -0.4 is 10.1 Å². The summed E-state index contributed by atoms with van der Waals surface area (Å²) in [6.45, 7) is 6.02. The van der Waals surface area contributed by atoms with Gasteiger partial charge in [-0.2, -0.15) is 0 Å². The lowest BCUT2D eigenvalue weighted by atomic mass is 10.1. The van der Waals surface area contributed by atoms with E-state index in [4.69, 9.17) is 21.3 Å². The van der Waals surface area contributed by atoms with Crippen LogP contribution in [0.25, 0.3) is 21.8 Å². The number of amides is 1. The van der Waals surface area contributed by atoms with E-state index < -0.39 is 0 Å². The molecule has 0 aliphatic carbocycles. The van der Waals surface area contributed by atoms with E-state index in [-0.39, 0.29) is 12.0 Å². The summed E-state index contributed by atoms with van der Waals surface area (Å²) < 4.78 is 5.40. The minimum atomic E-state index is 0.110. The smallest absolute Gasteiger partial charge is 0.219 e. The van der Waals surface area contributed by atoms with Crippen molar-refractivity contribution < 1.29 is 9.53 Å². The number of nitrogens with one attached hydrogen (secondary N) is 1. The second kappa shape index (κ2) is 9.60.